The van der Waals surface area contributed by atoms with Gasteiger partial charge >= 0.3 is 0 Å². The van der Waals surface area contributed by atoms with Gasteiger partial charge in [-0.05, 0) is 22.3 Å². The monoisotopic (exact) mass is 578 g/mol. The van der Waals surface area contributed by atoms with Crippen LogP contribution in [-0.2, 0) is 50.1 Å². The highest BCUT2D eigenvalue weighted by Gasteiger charge is 2.48. The van der Waals surface area contributed by atoms with Crippen LogP contribution in [0.15, 0.2) is 121 Å². The molecule has 0 spiro atoms. The molecule has 1 aliphatic rings. The van der Waals surface area contributed by atoms with Gasteiger partial charge in [0.2, 0.25) is 0 Å². The number of hydrogen-bond donors (Lipinski definition) is 1. The average Bonchev–Trinajstić information content (AvgIpc) is 3.07. The first-order chi connectivity index (χ1) is 21.3. The van der Waals surface area contributed by atoms with E-state index in [-0.39, 0.29) is 13.2 Å². The van der Waals surface area contributed by atoms with Crippen LogP contribution in [0, 0.1) is 11.8 Å². The molecule has 1 N–H and O–H groups in total. The lowest BCUT2D eigenvalue weighted by Gasteiger charge is -2.45. The van der Waals surface area contributed by atoms with Crippen molar-refractivity contribution in [3.05, 3.63) is 144 Å². The standard InChI is InChI=1S/C37H38O6/c38-23-13-22-33-35(40-25-30-16-7-2-8-17-30)37(42-27-32-20-11-4-12-21-32)36(41-26-31-18-9-3-10-19-31)34(43-33)28-39-24-29-14-5-1-6-15-29/h1-12,14-21,33-38H,23-28H2/t33-,34+,35-,36+,37+/m0/s1. The summed E-state index contributed by atoms with van der Waals surface area (Å²) in [5, 5.41) is 9.55. The molecule has 0 aliphatic carbocycles. The zero-order valence-electron chi connectivity index (χ0n) is 24.2. The second kappa shape index (κ2) is 16.7. The van der Waals surface area contributed by atoms with E-state index in [2.05, 4.69) is 11.8 Å². The van der Waals surface area contributed by atoms with E-state index in [1.807, 2.05) is 121 Å². The number of aliphatic hydroxyl groups excluding tert-OH is 1. The summed E-state index contributed by atoms with van der Waals surface area (Å²) in [6, 6.07) is 40.0. The molecule has 5 rings (SSSR count). The Morgan fingerprint density at radius 2 is 0.953 bits per heavy atom. The molecule has 6 nitrogen and oxygen atoms in total. The predicted molar refractivity (Wildman–Crippen MR) is 165 cm³/mol. The molecule has 0 aromatic heterocycles. The van der Waals surface area contributed by atoms with Gasteiger partial charge in [-0.15, -0.1) is 0 Å². The third-order valence-electron chi connectivity index (χ3n) is 7.21. The second-order valence-corrected chi connectivity index (χ2v) is 10.4. The zero-order chi connectivity index (χ0) is 29.5. The van der Waals surface area contributed by atoms with Crippen molar-refractivity contribution >= 4 is 0 Å². The van der Waals surface area contributed by atoms with Crippen LogP contribution in [0.1, 0.15) is 22.3 Å². The summed E-state index contributed by atoms with van der Waals surface area (Å²) in [5.74, 6) is 5.86. The lowest BCUT2D eigenvalue weighted by molar-refractivity contribution is -0.261. The Morgan fingerprint density at radius 3 is 1.42 bits per heavy atom. The largest absolute Gasteiger partial charge is 0.384 e. The number of benzene rings is 4. The molecule has 4 aromatic rings. The van der Waals surface area contributed by atoms with Crippen molar-refractivity contribution in [2.45, 2.75) is 56.9 Å². The Hall–Kier alpha value is -3.80. The van der Waals surface area contributed by atoms with Crippen LogP contribution in [0.2, 0.25) is 0 Å². The molecule has 0 amide bonds. The zero-order valence-corrected chi connectivity index (χ0v) is 24.2. The third-order valence-corrected chi connectivity index (χ3v) is 7.21. The van der Waals surface area contributed by atoms with Crippen LogP contribution in [0.3, 0.4) is 0 Å². The maximum absolute atomic E-state index is 9.55. The quantitative estimate of drug-likeness (QED) is 0.205. The van der Waals surface area contributed by atoms with Gasteiger partial charge in [0.25, 0.3) is 0 Å². The molecule has 6 heteroatoms. The van der Waals surface area contributed by atoms with E-state index in [9.17, 15) is 5.11 Å². The molecule has 5 atom stereocenters. The summed E-state index contributed by atoms with van der Waals surface area (Å²) >= 11 is 0. The van der Waals surface area contributed by atoms with E-state index >= 15 is 0 Å². The molecular weight excluding hydrogens is 540 g/mol. The molecule has 1 fully saturated rings. The summed E-state index contributed by atoms with van der Waals surface area (Å²) in [6.45, 7) is 1.49. The molecule has 0 radical (unpaired) electrons. The van der Waals surface area contributed by atoms with E-state index in [1.54, 1.807) is 0 Å². The summed E-state index contributed by atoms with van der Waals surface area (Å²) in [7, 11) is 0. The molecule has 43 heavy (non-hydrogen) atoms. The highest BCUT2D eigenvalue weighted by Crippen LogP contribution is 2.31. The Kier molecular flexibility index (Phi) is 11.9. The number of ether oxygens (including phenoxy) is 5. The van der Waals surface area contributed by atoms with Crippen LogP contribution in [0.4, 0.5) is 0 Å². The van der Waals surface area contributed by atoms with Crippen LogP contribution in [0.25, 0.3) is 0 Å². The van der Waals surface area contributed by atoms with Gasteiger partial charge in [-0.2, -0.15) is 0 Å². The van der Waals surface area contributed by atoms with E-state index in [0.717, 1.165) is 22.3 Å². The highest BCUT2D eigenvalue weighted by atomic mass is 16.6. The van der Waals surface area contributed by atoms with Gasteiger partial charge < -0.3 is 28.8 Å². The number of aliphatic hydroxyl groups is 1. The Morgan fingerprint density at radius 1 is 0.535 bits per heavy atom. The molecule has 1 heterocycles. The van der Waals surface area contributed by atoms with Crippen molar-refractivity contribution in [1.29, 1.82) is 0 Å². The lowest BCUT2D eigenvalue weighted by Crippen LogP contribution is -2.60. The minimum absolute atomic E-state index is 0.266. The van der Waals surface area contributed by atoms with E-state index in [0.29, 0.717) is 26.4 Å². The van der Waals surface area contributed by atoms with E-state index in [1.165, 1.54) is 0 Å². The highest BCUT2D eigenvalue weighted by molar-refractivity contribution is 5.18. The normalized spacial score (nSPS) is 21.6. The molecule has 1 aliphatic heterocycles. The first-order valence-electron chi connectivity index (χ1n) is 14.6. The van der Waals surface area contributed by atoms with Crippen molar-refractivity contribution in [2.75, 3.05) is 13.2 Å². The number of rotatable bonds is 13. The maximum Gasteiger partial charge on any atom is 0.147 e. The Balaban J connectivity index is 1.43. The van der Waals surface area contributed by atoms with Gasteiger partial charge in [0.15, 0.2) is 0 Å². The van der Waals surface area contributed by atoms with Gasteiger partial charge in [-0.25, -0.2) is 0 Å². The van der Waals surface area contributed by atoms with Gasteiger partial charge in [0, 0.05) is 0 Å². The van der Waals surface area contributed by atoms with Crippen molar-refractivity contribution in [3.8, 4) is 11.8 Å². The minimum Gasteiger partial charge on any atom is -0.384 e. The SMILES string of the molecule is OCC#C[C@@H]1O[C@H](COCc2ccccc2)[C@@H](OCc2ccccc2)[C@H](OCc2ccccc2)[C@H]1OCc1ccccc1. The third kappa shape index (κ3) is 9.34. The summed E-state index contributed by atoms with van der Waals surface area (Å²) in [5.41, 5.74) is 4.16. The van der Waals surface area contributed by atoms with E-state index in [4.69, 9.17) is 23.7 Å². The van der Waals surface area contributed by atoms with E-state index < -0.39 is 30.5 Å². The fraction of sp³-hybridized carbons (Fsp3) is 0.297. The summed E-state index contributed by atoms with van der Waals surface area (Å²) in [6.07, 6.45) is -2.81. The average molecular weight is 579 g/mol. The van der Waals surface area contributed by atoms with Crippen LogP contribution >= 0.6 is 0 Å². The second-order valence-electron chi connectivity index (χ2n) is 10.4. The molecule has 0 bridgehead atoms. The van der Waals surface area contributed by atoms with Crippen LogP contribution in [-0.4, -0.2) is 48.8 Å². The molecule has 0 saturated carbocycles. The van der Waals surface area contributed by atoms with Crippen LogP contribution in [0.5, 0.6) is 0 Å². The molecule has 4 aromatic carbocycles. The van der Waals surface area contributed by atoms with Crippen molar-refractivity contribution in [2.24, 2.45) is 0 Å². The van der Waals surface area contributed by atoms with Crippen molar-refractivity contribution in [1.82, 2.24) is 0 Å². The Labute approximate surface area is 254 Å². The van der Waals surface area contributed by atoms with Gasteiger partial charge in [-0.3, -0.25) is 0 Å². The predicted octanol–water partition coefficient (Wildman–Crippen LogP) is 5.72. The molecule has 222 valence electrons. The first kappa shape index (κ1) is 30.7. The van der Waals surface area contributed by atoms with Crippen LogP contribution < -0.4 is 0 Å². The number of hydrogen-bond acceptors (Lipinski definition) is 6. The Bertz CT molecular complexity index is 1390. The minimum atomic E-state index is -0.668. The van der Waals surface area contributed by atoms with Crippen molar-refractivity contribution < 1.29 is 28.8 Å². The molecule has 1 saturated heterocycles. The summed E-state index contributed by atoms with van der Waals surface area (Å²) < 4.78 is 32.5. The first-order valence-corrected chi connectivity index (χ1v) is 14.6. The summed E-state index contributed by atoms with van der Waals surface area (Å²) in [4.78, 5) is 0. The van der Waals surface area contributed by atoms with Crippen molar-refractivity contribution in [3.63, 3.8) is 0 Å². The maximum atomic E-state index is 9.55. The van der Waals surface area contributed by atoms with Gasteiger partial charge in [0.05, 0.1) is 33.0 Å². The van der Waals surface area contributed by atoms with Gasteiger partial charge in [-0.1, -0.05) is 133 Å². The van der Waals surface area contributed by atoms with Gasteiger partial charge in [0.1, 0.15) is 37.1 Å². The fourth-order valence-electron chi connectivity index (χ4n) is 5.05. The fourth-order valence-corrected chi connectivity index (χ4v) is 5.05. The topological polar surface area (TPSA) is 66.4 Å². The smallest absolute Gasteiger partial charge is 0.147 e. The molecular formula is C37H38O6. The lowest BCUT2D eigenvalue weighted by atomic mass is 9.94. The molecule has 0 unspecified atom stereocenters.